The summed E-state index contributed by atoms with van der Waals surface area (Å²) in [7, 11) is -1.81. The zero-order valence-corrected chi connectivity index (χ0v) is 23.4. The van der Waals surface area contributed by atoms with Crippen molar-refractivity contribution < 1.29 is 4.43 Å². The lowest BCUT2D eigenvalue weighted by atomic mass is 10.1. The third-order valence-electron chi connectivity index (χ3n) is 7.42. The molecule has 1 atom stereocenters. The van der Waals surface area contributed by atoms with E-state index in [4.69, 9.17) is 9.41 Å². The van der Waals surface area contributed by atoms with Crippen LogP contribution in [-0.4, -0.2) is 49.1 Å². The molecule has 8 nitrogen and oxygen atoms in total. The van der Waals surface area contributed by atoms with Crippen LogP contribution in [0.5, 0.6) is 0 Å². The van der Waals surface area contributed by atoms with Crippen molar-refractivity contribution in [1.82, 2.24) is 34.2 Å². The molecule has 0 aromatic carbocycles. The Morgan fingerprint density at radius 1 is 0.943 bits per heavy atom. The smallest absolute Gasteiger partial charge is 0.192 e. The highest BCUT2D eigenvalue weighted by Crippen LogP contribution is 2.37. The Kier molecular flexibility index (Phi) is 7.01. The average Bonchev–Trinajstić information content (AvgIpc) is 3.57. The van der Waals surface area contributed by atoms with Crippen LogP contribution in [0, 0.1) is 0 Å². The van der Waals surface area contributed by atoms with E-state index in [1.54, 1.807) is 6.20 Å². The normalized spacial score (nSPS) is 13.7. The highest BCUT2D eigenvalue weighted by atomic mass is 28.4. The van der Waals surface area contributed by atoms with Crippen molar-refractivity contribution in [2.75, 3.05) is 6.61 Å². The van der Waals surface area contributed by atoms with Gasteiger partial charge in [-0.05, 0) is 44.0 Å². The predicted molar refractivity (Wildman–Crippen MR) is 143 cm³/mol. The van der Waals surface area contributed by atoms with Gasteiger partial charge >= 0.3 is 0 Å². The van der Waals surface area contributed by atoms with E-state index in [1.807, 2.05) is 33.9 Å². The molecule has 0 saturated heterocycles. The van der Waals surface area contributed by atoms with Crippen LogP contribution in [0.3, 0.4) is 0 Å². The summed E-state index contributed by atoms with van der Waals surface area (Å²) in [6, 6.07) is 2.51. The molecule has 4 aromatic rings. The Labute approximate surface area is 209 Å². The van der Waals surface area contributed by atoms with Crippen molar-refractivity contribution in [2.24, 2.45) is 0 Å². The maximum Gasteiger partial charge on any atom is 0.192 e. The number of nitrogens with zero attached hydrogens (tertiary/aromatic N) is 7. The number of hydrogen-bond donors (Lipinski definition) is 0. The van der Waals surface area contributed by atoms with E-state index in [0.717, 1.165) is 40.9 Å². The third-order valence-corrected chi connectivity index (χ3v) is 11.9. The molecule has 4 heterocycles. The highest BCUT2D eigenvalue weighted by Gasteiger charge is 2.37. The van der Waals surface area contributed by atoms with Crippen LogP contribution in [0.15, 0.2) is 43.2 Å². The molecule has 0 aliphatic heterocycles. The first-order valence-corrected chi connectivity index (χ1v) is 15.5. The summed E-state index contributed by atoms with van der Waals surface area (Å²) in [6.07, 6.45) is 13.8. The molecular formula is C26H39N7OSi. The van der Waals surface area contributed by atoms with Crippen LogP contribution in [0.25, 0.3) is 28.0 Å². The average molecular weight is 494 g/mol. The summed E-state index contributed by atoms with van der Waals surface area (Å²) in [6.45, 7) is 18.5. The summed E-state index contributed by atoms with van der Waals surface area (Å²) >= 11 is 0. The minimum absolute atomic E-state index is 0.129. The van der Waals surface area contributed by atoms with Gasteiger partial charge in [0.15, 0.2) is 8.32 Å². The molecule has 0 N–H and O–H groups in total. The summed E-state index contributed by atoms with van der Waals surface area (Å²) in [5, 5.41) is 14.0. The molecule has 0 radical (unpaired) electrons. The van der Waals surface area contributed by atoms with Crippen molar-refractivity contribution >= 4 is 13.8 Å². The van der Waals surface area contributed by atoms with Crippen LogP contribution in [0.4, 0.5) is 0 Å². The van der Waals surface area contributed by atoms with Gasteiger partial charge in [0, 0.05) is 23.5 Å². The number of fused-ring (bicyclic) bond motifs is 1. The first kappa shape index (κ1) is 25.3. The first-order chi connectivity index (χ1) is 16.5. The summed E-state index contributed by atoms with van der Waals surface area (Å²) in [5.74, 6) is 0. The summed E-state index contributed by atoms with van der Waals surface area (Å²) in [5.41, 5.74) is 4.61. The fraction of sp³-hybridized carbons (Fsp3) is 0.538. The second-order valence-electron chi connectivity index (χ2n) is 10.9. The molecule has 35 heavy (non-hydrogen) atoms. The van der Waals surface area contributed by atoms with Gasteiger partial charge in [0.05, 0.1) is 60.4 Å². The van der Waals surface area contributed by atoms with E-state index in [-0.39, 0.29) is 11.1 Å². The van der Waals surface area contributed by atoms with E-state index in [2.05, 4.69) is 87.0 Å². The molecule has 0 bridgehead atoms. The zero-order valence-electron chi connectivity index (χ0n) is 22.4. The maximum absolute atomic E-state index is 6.43. The molecule has 0 aliphatic carbocycles. The maximum atomic E-state index is 6.43. The predicted octanol–water partition coefficient (Wildman–Crippen LogP) is 6.40. The van der Waals surface area contributed by atoms with Gasteiger partial charge in [-0.3, -0.25) is 9.36 Å². The van der Waals surface area contributed by atoms with Crippen LogP contribution < -0.4 is 0 Å². The van der Waals surface area contributed by atoms with E-state index < -0.39 is 8.32 Å². The number of hydrogen-bond acceptors (Lipinski definition) is 5. The number of aromatic nitrogens is 7. The fourth-order valence-electron chi connectivity index (χ4n) is 3.93. The largest absolute Gasteiger partial charge is 0.415 e. The standard InChI is InChI=1S/C26H39N7OSi/c1-9-22(10-2)32-16-21(14-29-32)25-24-11-12-27-33(24)17-23(30-25)20-13-28-31(15-20)19(3)18-34-35(7,8)26(4,5)6/h11-17,19,22H,9-10,18H2,1-8H3. The van der Waals surface area contributed by atoms with Gasteiger partial charge in [-0.2, -0.15) is 15.3 Å². The first-order valence-electron chi connectivity index (χ1n) is 12.6. The molecular weight excluding hydrogens is 454 g/mol. The minimum atomic E-state index is -1.81. The number of rotatable bonds is 9. The Bertz CT molecular complexity index is 1280. The van der Waals surface area contributed by atoms with Crippen LogP contribution in [0.1, 0.15) is 66.5 Å². The van der Waals surface area contributed by atoms with E-state index in [1.165, 1.54) is 0 Å². The summed E-state index contributed by atoms with van der Waals surface area (Å²) in [4.78, 5) is 5.04. The van der Waals surface area contributed by atoms with Gasteiger partial charge in [-0.15, -0.1) is 0 Å². The van der Waals surface area contributed by atoms with Gasteiger partial charge in [-0.25, -0.2) is 9.50 Å². The third kappa shape index (κ3) is 5.11. The van der Waals surface area contributed by atoms with Gasteiger partial charge in [0.2, 0.25) is 0 Å². The van der Waals surface area contributed by atoms with Crippen LogP contribution >= 0.6 is 0 Å². The Hall–Kier alpha value is -2.78. The minimum Gasteiger partial charge on any atom is -0.415 e. The molecule has 0 fully saturated rings. The monoisotopic (exact) mass is 493 g/mol. The highest BCUT2D eigenvalue weighted by molar-refractivity contribution is 6.74. The van der Waals surface area contributed by atoms with Crippen LogP contribution in [0.2, 0.25) is 18.1 Å². The molecule has 0 saturated carbocycles. The van der Waals surface area contributed by atoms with E-state index in [9.17, 15) is 0 Å². The molecule has 0 amide bonds. The lowest BCUT2D eigenvalue weighted by Crippen LogP contribution is -2.42. The molecule has 4 aromatic heterocycles. The van der Waals surface area contributed by atoms with Crippen LogP contribution in [-0.2, 0) is 4.43 Å². The van der Waals surface area contributed by atoms with E-state index in [0.29, 0.717) is 12.6 Å². The Morgan fingerprint density at radius 3 is 2.29 bits per heavy atom. The van der Waals surface area contributed by atoms with Gasteiger partial charge in [0.1, 0.15) is 0 Å². The Balaban J connectivity index is 1.61. The quantitative estimate of drug-likeness (QED) is 0.252. The molecule has 9 heteroatoms. The van der Waals surface area contributed by atoms with E-state index >= 15 is 0 Å². The Morgan fingerprint density at radius 2 is 1.60 bits per heavy atom. The lowest BCUT2D eigenvalue weighted by molar-refractivity contribution is 0.230. The van der Waals surface area contributed by atoms with Crippen molar-refractivity contribution in [3.8, 4) is 22.5 Å². The molecule has 188 valence electrons. The van der Waals surface area contributed by atoms with Crippen molar-refractivity contribution in [3.63, 3.8) is 0 Å². The van der Waals surface area contributed by atoms with Gasteiger partial charge < -0.3 is 4.43 Å². The SMILES string of the molecule is CCC(CC)n1cc(-c2nc(-c3cnn(C(C)CO[Si](C)(C)C(C)(C)C)c3)cn3nccc23)cn1. The molecule has 1 unspecified atom stereocenters. The zero-order chi connectivity index (χ0) is 25.4. The van der Waals surface area contributed by atoms with Crippen molar-refractivity contribution in [3.05, 3.63) is 43.2 Å². The summed E-state index contributed by atoms with van der Waals surface area (Å²) < 4.78 is 12.3. The van der Waals surface area contributed by atoms with Gasteiger partial charge in [-0.1, -0.05) is 34.6 Å². The fourth-order valence-corrected chi connectivity index (χ4v) is 5.03. The molecule has 4 rings (SSSR count). The van der Waals surface area contributed by atoms with Gasteiger partial charge in [0.25, 0.3) is 0 Å². The lowest BCUT2D eigenvalue weighted by Gasteiger charge is -2.37. The second kappa shape index (κ2) is 9.70. The van der Waals surface area contributed by atoms with Crippen molar-refractivity contribution in [1.29, 1.82) is 0 Å². The molecule has 0 spiro atoms. The second-order valence-corrected chi connectivity index (χ2v) is 15.8. The van der Waals surface area contributed by atoms with Crippen molar-refractivity contribution in [2.45, 2.75) is 84.6 Å². The molecule has 0 aliphatic rings. The topological polar surface area (TPSA) is 75.1 Å².